The zero-order valence-corrected chi connectivity index (χ0v) is 13.2. The molecular formula is C17H13Cl2N3. The van der Waals surface area contributed by atoms with Crippen molar-refractivity contribution in [2.75, 3.05) is 11.9 Å². The van der Waals surface area contributed by atoms with Gasteiger partial charge in [0.1, 0.15) is 5.82 Å². The van der Waals surface area contributed by atoms with Crippen molar-refractivity contribution in [2.45, 2.75) is 0 Å². The summed E-state index contributed by atoms with van der Waals surface area (Å²) >= 11 is 12.2. The van der Waals surface area contributed by atoms with Gasteiger partial charge in [-0.2, -0.15) is 0 Å². The molecule has 0 aliphatic heterocycles. The lowest BCUT2D eigenvalue weighted by molar-refractivity contribution is 1.19. The molecule has 5 heteroatoms. The number of aromatic nitrogens is 2. The van der Waals surface area contributed by atoms with Crippen LogP contribution in [0.3, 0.4) is 0 Å². The molecule has 2 aromatic carbocycles. The first-order valence-corrected chi connectivity index (χ1v) is 7.51. The number of nitrogens with zero attached hydrogens (tertiary/aromatic N) is 2. The van der Waals surface area contributed by atoms with E-state index in [4.69, 9.17) is 23.2 Å². The van der Waals surface area contributed by atoms with Crippen LogP contribution in [0.15, 0.2) is 55.1 Å². The highest BCUT2D eigenvalue weighted by Gasteiger charge is 2.11. The average Bonchev–Trinajstić information content (AvgIpc) is 2.52. The van der Waals surface area contributed by atoms with Gasteiger partial charge in [-0.05, 0) is 30.3 Å². The summed E-state index contributed by atoms with van der Waals surface area (Å²) < 4.78 is 0. The van der Waals surface area contributed by atoms with Crippen molar-refractivity contribution in [1.29, 1.82) is 0 Å². The van der Waals surface area contributed by atoms with E-state index in [0.717, 1.165) is 22.3 Å². The topological polar surface area (TPSA) is 37.8 Å². The molecule has 0 aliphatic rings. The van der Waals surface area contributed by atoms with Gasteiger partial charge in [0.25, 0.3) is 0 Å². The first kappa shape index (κ1) is 14.8. The summed E-state index contributed by atoms with van der Waals surface area (Å²) in [6, 6.07) is 13.1. The van der Waals surface area contributed by atoms with E-state index in [1.807, 2.05) is 30.3 Å². The Bertz CT molecular complexity index is 846. The Hall–Kier alpha value is -2.10. The number of benzene rings is 2. The molecular weight excluding hydrogens is 317 g/mol. The first-order valence-electron chi connectivity index (χ1n) is 6.76. The summed E-state index contributed by atoms with van der Waals surface area (Å²) in [6.07, 6.45) is 1.78. The fourth-order valence-corrected chi connectivity index (χ4v) is 2.66. The van der Waals surface area contributed by atoms with Crippen LogP contribution in [0.5, 0.6) is 0 Å². The van der Waals surface area contributed by atoms with Crippen LogP contribution >= 0.6 is 23.2 Å². The van der Waals surface area contributed by atoms with E-state index in [-0.39, 0.29) is 0 Å². The molecule has 3 nitrogen and oxygen atoms in total. The highest BCUT2D eigenvalue weighted by Crippen LogP contribution is 2.31. The highest BCUT2D eigenvalue weighted by molar-refractivity contribution is 6.36. The molecule has 0 amide bonds. The molecule has 3 aromatic rings. The van der Waals surface area contributed by atoms with Gasteiger partial charge in [-0.1, -0.05) is 41.4 Å². The predicted molar refractivity (Wildman–Crippen MR) is 93.7 cm³/mol. The highest BCUT2D eigenvalue weighted by atomic mass is 35.5. The lowest BCUT2D eigenvalue weighted by Gasteiger charge is -2.10. The Morgan fingerprint density at radius 1 is 1.09 bits per heavy atom. The summed E-state index contributed by atoms with van der Waals surface area (Å²) in [6.45, 7) is 4.34. The van der Waals surface area contributed by atoms with Crippen molar-refractivity contribution < 1.29 is 0 Å². The van der Waals surface area contributed by atoms with Gasteiger partial charge in [-0.15, -0.1) is 6.58 Å². The van der Waals surface area contributed by atoms with Gasteiger partial charge < -0.3 is 5.32 Å². The molecule has 110 valence electrons. The Balaban J connectivity index is 2.19. The lowest BCUT2D eigenvalue weighted by Crippen LogP contribution is -2.03. The minimum absolute atomic E-state index is 0.525. The maximum atomic E-state index is 6.27. The van der Waals surface area contributed by atoms with E-state index in [0.29, 0.717) is 22.4 Å². The second-order valence-corrected chi connectivity index (χ2v) is 5.55. The van der Waals surface area contributed by atoms with Gasteiger partial charge in [0.2, 0.25) is 0 Å². The second-order valence-electron chi connectivity index (χ2n) is 4.71. The summed E-state index contributed by atoms with van der Waals surface area (Å²) in [5, 5.41) is 5.30. The third-order valence-electron chi connectivity index (χ3n) is 3.19. The Morgan fingerprint density at radius 3 is 2.68 bits per heavy atom. The number of anilines is 1. The Labute approximate surface area is 138 Å². The molecule has 0 unspecified atom stereocenters. The maximum absolute atomic E-state index is 6.27. The lowest BCUT2D eigenvalue weighted by atomic mass is 10.2. The van der Waals surface area contributed by atoms with Crippen LogP contribution in [0.25, 0.3) is 22.3 Å². The monoisotopic (exact) mass is 329 g/mol. The van der Waals surface area contributed by atoms with Crippen LogP contribution in [-0.2, 0) is 0 Å². The molecule has 1 N–H and O–H groups in total. The molecule has 0 saturated heterocycles. The van der Waals surface area contributed by atoms with E-state index < -0.39 is 0 Å². The fraction of sp³-hybridized carbons (Fsp3) is 0.0588. The normalized spacial score (nSPS) is 10.6. The molecule has 0 bridgehead atoms. The van der Waals surface area contributed by atoms with Gasteiger partial charge >= 0.3 is 0 Å². The van der Waals surface area contributed by atoms with Gasteiger partial charge in [0.15, 0.2) is 5.82 Å². The van der Waals surface area contributed by atoms with Crippen molar-refractivity contribution in [3.05, 3.63) is 65.2 Å². The van der Waals surface area contributed by atoms with Crippen LogP contribution in [-0.4, -0.2) is 16.5 Å². The summed E-state index contributed by atoms with van der Waals surface area (Å²) in [5.74, 6) is 1.32. The van der Waals surface area contributed by atoms with E-state index in [1.165, 1.54) is 0 Å². The predicted octanol–water partition coefficient (Wildman–Crippen LogP) is 5.20. The molecule has 1 aromatic heterocycles. The van der Waals surface area contributed by atoms with Crippen molar-refractivity contribution >= 4 is 39.9 Å². The maximum Gasteiger partial charge on any atom is 0.163 e. The van der Waals surface area contributed by atoms with Gasteiger partial charge in [-0.25, -0.2) is 9.97 Å². The van der Waals surface area contributed by atoms with Crippen LogP contribution in [0.4, 0.5) is 5.82 Å². The largest absolute Gasteiger partial charge is 0.366 e. The van der Waals surface area contributed by atoms with Crippen LogP contribution < -0.4 is 5.32 Å². The molecule has 0 aliphatic carbocycles. The van der Waals surface area contributed by atoms with Crippen LogP contribution in [0.1, 0.15) is 0 Å². The summed E-state index contributed by atoms with van der Waals surface area (Å²) in [4.78, 5) is 9.20. The zero-order chi connectivity index (χ0) is 15.5. The van der Waals surface area contributed by atoms with E-state index in [9.17, 15) is 0 Å². The quantitative estimate of drug-likeness (QED) is 0.668. The van der Waals surface area contributed by atoms with E-state index in [2.05, 4.69) is 21.9 Å². The number of hydrogen-bond donors (Lipinski definition) is 1. The standard InChI is InChI=1S/C17H13Cl2N3/c1-2-9-20-16-13-5-3-4-6-15(13)21-17(22-16)12-8-7-11(18)10-14(12)19/h2-8,10H,1,9H2,(H,20,21,22). The molecule has 0 atom stereocenters. The number of rotatable bonds is 4. The van der Waals surface area contributed by atoms with Gasteiger partial charge in [-0.3, -0.25) is 0 Å². The van der Waals surface area contributed by atoms with Gasteiger partial charge in [0, 0.05) is 22.5 Å². The molecule has 1 heterocycles. The van der Waals surface area contributed by atoms with Crippen molar-refractivity contribution in [2.24, 2.45) is 0 Å². The van der Waals surface area contributed by atoms with Crippen LogP contribution in [0, 0.1) is 0 Å². The average molecular weight is 330 g/mol. The molecule has 0 saturated carbocycles. The third kappa shape index (κ3) is 2.91. The number of hydrogen-bond acceptors (Lipinski definition) is 3. The van der Waals surface area contributed by atoms with E-state index in [1.54, 1.807) is 18.2 Å². The Kier molecular flexibility index (Phi) is 4.27. The fourth-order valence-electron chi connectivity index (χ4n) is 2.17. The molecule has 0 radical (unpaired) electrons. The minimum Gasteiger partial charge on any atom is -0.366 e. The number of fused-ring (bicyclic) bond motifs is 1. The molecule has 0 fully saturated rings. The number of para-hydroxylation sites is 1. The number of nitrogens with one attached hydrogen (secondary N) is 1. The van der Waals surface area contributed by atoms with Gasteiger partial charge in [0.05, 0.1) is 10.5 Å². The third-order valence-corrected chi connectivity index (χ3v) is 3.74. The second kappa shape index (κ2) is 6.34. The minimum atomic E-state index is 0.525. The summed E-state index contributed by atoms with van der Waals surface area (Å²) in [7, 11) is 0. The Morgan fingerprint density at radius 2 is 1.91 bits per heavy atom. The van der Waals surface area contributed by atoms with Crippen LogP contribution in [0.2, 0.25) is 10.0 Å². The van der Waals surface area contributed by atoms with Crippen molar-refractivity contribution in [1.82, 2.24) is 9.97 Å². The summed E-state index contributed by atoms with van der Waals surface area (Å²) in [5.41, 5.74) is 1.60. The molecule has 0 spiro atoms. The number of halogens is 2. The smallest absolute Gasteiger partial charge is 0.163 e. The van der Waals surface area contributed by atoms with E-state index >= 15 is 0 Å². The van der Waals surface area contributed by atoms with Crippen molar-refractivity contribution in [3.8, 4) is 11.4 Å². The first-order chi connectivity index (χ1) is 10.7. The zero-order valence-electron chi connectivity index (χ0n) is 11.7. The SMILES string of the molecule is C=CCNc1nc(-c2ccc(Cl)cc2Cl)nc2ccccc12. The molecule has 22 heavy (non-hydrogen) atoms. The molecule has 3 rings (SSSR count). The van der Waals surface area contributed by atoms with Crippen molar-refractivity contribution in [3.63, 3.8) is 0 Å².